The van der Waals surface area contributed by atoms with Crippen molar-refractivity contribution in [2.45, 2.75) is 57.7 Å². The third kappa shape index (κ3) is 4.02. The molecule has 1 saturated carbocycles. The predicted molar refractivity (Wildman–Crippen MR) is 108 cm³/mol. The van der Waals surface area contributed by atoms with Gasteiger partial charge >= 0.3 is 0 Å². The second-order valence-electron chi connectivity index (χ2n) is 6.60. The predicted octanol–water partition coefficient (Wildman–Crippen LogP) is 5.36. The molecule has 5 nitrogen and oxygen atoms in total. The number of hydrogen-bond acceptors (Lipinski definition) is 4. The Kier molecular flexibility index (Phi) is 6.15. The molecule has 2 aromatic heterocycles. The van der Waals surface area contributed by atoms with Gasteiger partial charge in [0.1, 0.15) is 0 Å². The number of nitrogens with one attached hydrogen (secondary N) is 1. The molecule has 1 N–H and O–H groups in total. The molecule has 1 aliphatic carbocycles. The van der Waals surface area contributed by atoms with E-state index in [1.807, 2.05) is 6.92 Å². The Bertz CT molecular complexity index is 831. The molecule has 1 amide bonds. The minimum atomic E-state index is -0.164. The van der Waals surface area contributed by atoms with Crippen molar-refractivity contribution in [3.63, 3.8) is 0 Å². The summed E-state index contributed by atoms with van der Waals surface area (Å²) in [5.74, 6) is 0.426. The van der Waals surface area contributed by atoms with Gasteiger partial charge in [0.15, 0.2) is 11.0 Å². The van der Waals surface area contributed by atoms with Crippen LogP contribution in [0.4, 0.5) is 5.82 Å². The third-order valence-electron chi connectivity index (χ3n) is 4.84. The van der Waals surface area contributed by atoms with Crippen LogP contribution in [0.25, 0.3) is 0 Å². The van der Waals surface area contributed by atoms with Crippen LogP contribution in [0.5, 0.6) is 0 Å². The highest BCUT2D eigenvalue weighted by Gasteiger charge is 2.23. The highest BCUT2D eigenvalue weighted by atomic mass is 35.5. The first kappa shape index (κ1) is 19.5. The minimum Gasteiger partial charge on any atom is -0.320 e. The summed E-state index contributed by atoms with van der Waals surface area (Å²) in [6.45, 7) is 5.91. The number of nitrogens with zero attached hydrogens (tertiary/aromatic N) is 3. The smallest absolute Gasteiger partial charge is 0.236 e. The van der Waals surface area contributed by atoms with Crippen molar-refractivity contribution in [1.82, 2.24) is 14.5 Å². The van der Waals surface area contributed by atoms with E-state index in [-0.39, 0.29) is 11.7 Å². The van der Waals surface area contributed by atoms with Gasteiger partial charge in [-0.2, -0.15) is 0 Å². The third-order valence-corrected chi connectivity index (χ3v) is 6.63. The van der Waals surface area contributed by atoms with Crippen molar-refractivity contribution in [3.8, 4) is 0 Å². The fraction of sp³-hybridized carbons (Fsp3) is 0.500. The number of amides is 1. The summed E-state index contributed by atoms with van der Waals surface area (Å²) in [6.07, 6.45) is 6.36. The second-order valence-corrected chi connectivity index (χ2v) is 8.33. The number of anilines is 1. The molecule has 0 bridgehead atoms. The molecule has 2 aromatic rings. The highest BCUT2D eigenvalue weighted by molar-refractivity contribution is 7.99. The molecule has 0 saturated heterocycles. The van der Waals surface area contributed by atoms with E-state index in [0.29, 0.717) is 27.5 Å². The molecule has 26 heavy (non-hydrogen) atoms. The van der Waals surface area contributed by atoms with E-state index in [2.05, 4.69) is 26.8 Å². The van der Waals surface area contributed by atoms with Crippen LogP contribution in [-0.2, 0) is 4.79 Å². The first-order valence-electron chi connectivity index (χ1n) is 8.67. The van der Waals surface area contributed by atoms with E-state index in [1.54, 1.807) is 6.92 Å². The number of imidazole rings is 1. The van der Waals surface area contributed by atoms with Crippen molar-refractivity contribution in [2.24, 2.45) is 0 Å². The number of carbonyl (C=O) groups is 1. The summed E-state index contributed by atoms with van der Waals surface area (Å²) in [6, 6.07) is 0.497. The van der Waals surface area contributed by atoms with E-state index in [0.717, 1.165) is 10.9 Å². The van der Waals surface area contributed by atoms with Crippen LogP contribution in [0.1, 0.15) is 48.7 Å². The summed E-state index contributed by atoms with van der Waals surface area (Å²) in [5, 5.41) is 4.52. The maximum absolute atomic E-state index is 12.4. The SMILES string of the molecule is Cc1nc(SCC(=O)Nc2ncc(Cl)c(C)c2Cl)n(C2CCCC2)c1C. The van der Waals surface area contributed by atoms with Gasteiger partial charge in [-0.3, -0.25) is 4.79 Å². The molecule has 140 valence electrons. The molecule has 2 heterocycles. The average molecular weight is 413 g/mol. The number of carbonyl (C=O) groups excluding carboxylic acids is 1. The van der Waals surface area contributed by atoms with Gasteiger partial charge in [0.2, 0.25) is 5.91 Å². The van der Waals surface area contributed by atoms with Crippen molar-refractivity contribution in [3.05, 3.63) is 33.2 Å². The van der Waals surface area contributed by atoms with Crippen molar-refractivity contribution in [1.29, 1.82) is 0 Å². The lowest BCUT2D eigenvalue weighted by Crippen LogP contribution is -2.16. The molecule has 0 unspecified atom stereocenters. The summed E-state index contributed by atoms with van der Waals surface area (Å²) in [7, 11) is 0. The van der Waals surface area contributed by atoms with Crippen LogP contribution in [-0.4, -0.2) is 26.2 Å². The van der Waals surface area contributed by atoms with Crippen LogP contribution in [0.2, 0.25) is 10.0 Å². The lowest BCUT2D eigenvalue weighted by Gasteiger charge is -2.17. The lowest BCUT2D eigenvalue weighted by molar-refractivity contribution is -0.113. The first-order chi connectivity index (χ1) is 12.4. The number of aryl methyl sites for hydroxylation is 1. The Morgan fingerprint density at radius 3 is 2.69 bits per heavy atom. The van der Waals surface area contributed by atoms with Crippen molar-refractivity contribution >= 4 is 46.7 Å². The number of aromatic nitrogens is 3. The van der Waals surface area contributed by atoms with Gasteiger partial charge < -0.3 is 9.88 Å². The topological polar surface area (TPSA) is 59.8 Å². The zero-order valence-electron chi connectivity index (χ0n) is 15.1. The largest absolute Gasteiger partial charge is 0.320 e. The second kappa shape index (κ2) is 8.19. The highest BCUT2D eigenvalue weighted by Crippen LogP contribution is 2.35. The van der Waals surface area contributed by atoms with Gasteiger partial charge in [0.05, 0.1) is 21.5 Å². The average Bonchev–Trinajstić information content (AvgIpc) is 3.22. The fourth-order valence-electron chi connectivity index (χ4n) is 3.23. The number of hydrogen-bond donors (Lipinski definition) is 1. The van der Waals surface area contributed by atoms with Crippen LogP contribution in [0.15, 0.2) is 11.4 Å². The molecule has 0 aliphatic heterocycles. The van der Waals surface area contributed by atoms with Crippen LogP contribution in [0.3, 0.4) is 0 Å². The van der Waals surface area contributed by atoms with Gasteiger partial charge in [-0.25, -0.2) is 9.97 Å². The van der Waals surface area contributed by atoms with Gasteiger partial charge in [-0.05, 0) is 39.2 Å². The molecular weight excluding hydrogens is 391 g/mol. The molecule has 0 radical (unpaired) electrons. The normalized spacial score (nSPS) is 14.8. The van der Waals surface area contributed by atoms with Crippen LogP contribution in [0, 0.1) is 20.8 Å². The maximum Gasteiger partial charge on any atom is 0.236 e. The molecular formula is C18H22Cl2N4OS. The number of thioether (sulfide) groups is 1. The Morgan fingerprint density at radius 1 is 1.31 bits per heavy atom. The van der Waals surface area contributed by atoms with E-state index >= 15 is 0 Å². The standard InChI is InChI=1S/C18H22Cl2N4OS/c1-10-14(19)8-21-17(16(10)20)23-15(25)9-26-18-22-11(2)12(3)24(18)13-6-4-5-7-13/h8,13H,4-7,9H2,1-3H3,(H,21,23,25). The van der Waals surface area contributed by atoms with Gasteiger partial charge in [-0.1, -0.05) is 47.8 Å². The number of halogens is 2. The zero-order valence-corrected chi connectivity index (χ0v) is 17.4. The molecule has 0 spiro atoms. The summed E-state index contributed by atoms with van der Waals surface area (Å²) in [5.41, 5.74) is 2.92. The summed E-state index contributed by atoms with van der Waals surface area (Å²) >= 11 is 13.6. The van der Waals surface area contributed by atoms with Crippen LogP contribution < -0.4 is 5.32 Å². The quantitative estimate of drug-likeness (QED) is 0.671. The van der Waals surface area contributed by atoms with Gasteiger partial charge in [0.25, 0.3) is 0 Å². The van der Waals surface area contributed by atoms with Crippen molar-refractivity contribution < 1.29 is 4.79 Å². The first-order valence-corrected chi connectivity index (χ1v) is 10.4. The van der Waals surface area contributed by atoms with E-state index < -0.39 is 0 Å². The number of rotatable bonds is 5. The molecule has 3 rings (SSSR count). The van der Waals surface area contributed by atoms with E-state index in [4.69, 9.17) is 23.2 Å². The fourth-order valence-corrected chi connectivity index (χ4v) is 4.58. The Balaban J connectivity index is 1.69. The Labute approximate surface area is 167 Å². The number of pyridine rings is 1. The zero-order chi connectivity index (χ0) is 18.8. The lowest BCUT2D eigenvalue weighted by atomic mass is 10.2. The molecule has 1 fully saturated rings. The summed E-state index contributed by atoms with van der Waals surface area (Å²) < 4.78 is 2.30. The molecule has 0 aromatic carbocycles. The minimum absolute atomic E-state index is 0.164. The van der Waals surface area contributed by atoms with Crippen molar-refractivity contribution in [2.75, 3.05) is 11.1 Å². The monoisotopic (exact) mass is 412 g/mol. The molecule has 1 aliphatic rings. The molecule has 8 heteroatoms. The van der Waals surface area contributed by atoms with Gasteiger partial charge in [-0.15, -0.1) is 0 Å². The van der Waals surface area contributed by atoms with Crippen LogP contribution >= 0.6 is 35.0 Å². The molecule has 0 atom stereocenters. The van der Waals surface area contributed by atoms with Gasteiger partial charge in [0, 0.05) is 17.9 Å². The Morgan fingerprint density at radius 2 is 2.00 bits per heavy atom. The Hall–Kier alpha value is -1.24. The van der Waals surface area contributed by atoms with E-state index in [1.165, 1.54) is 49.3 Å². The summed E-state index contributed by atoms with van der Waals surface area (Å²) in [4.78, 5) is 21.1. The maximum atomic E-state index is 12.4. The van der Waals surface area contributed by atoms with E-state index in [9.17, 15) is 4.79 Å².